The summed E-state index contributed by atoms with van der Waals surface area (Å²) in [5.74, 6) is 0. The molecule has 1 aromatic rings. The van der Waals surface area contributed by atoms with E-state index in [0.29, 0.717) is 6.04 Å². The Morgan fingerprint density at radius 3 is 2.87 bits per heavy atom. The molecule has 84 valence electrons. The molecule has 0 aliphatic heterocycles. The van der Waals surface area contributed by atoms with Crippen LogP contribution in [0.15, 0.2) is 17.5 Å². The number of hydrogen-bond acceptors (Lipinski definition) is 3. The molecule has 0 aliphatic carbocycles. The predicted octanol–water partition coefficient (Wildman–Crippen LogP) is 2.94. The number of aromatic nitrogens is 1. The van der Waals surface area contributed by atoms with Gasteiger partial charge < -0.3 is 5.32 Å². The first-order chi connectivity index (χ1) is 7.15. The minimum Gasteiger partial charge on any atom is -0.316 e. The van der Waals surface area contributed by atoms with Crippen molar-refractivity contribution < 1.29 is 0 Å². The topological polar surface area (TPSA) is 24.9 Å². The summed E-state index contributed by atoms with van der Waals surface area (Å²) in [6.45, 7) is 8.25. The molecule has 0 saturated heterocycles. The van der Waals surface area contributed by atoms with Crippen LogP contribution in [0.3, 0.4) is 0 Å². The Kier molecular flexibility index (Phi) is 4.99. The highest BCUT2D eigenvalue weighted by atomic mass is 32.1. The van der Waals surface area contributed by atoms with E-state index in [0.717, 1.165) is 24.3 Å². The number of aryl methyl sites for hydroxylation is 1. The summed E-state index contributed by atoms with van der Waals surface area (Å²) >= 11 is 1.72. The quantitative estimate of drug-likeness (QED) is 0.752. The molecule has 0 aromatic carbocycles. The zero-order valence-corrected chi connectivity index (χ0v) is 10.7. The fourth-order valence-electron chi connectivity index (χ4n) is 1.52. The van der Waals surface area contributed by atoms with E-state index >= 15 is 0 Å². The first kappa shape index (κ1) is 12.4. The lowest BCUT2D eigenvalue weighted by atomic mass is 10.0. The predicted molar refractivity (Wildman–Crippen MR) is 67.5 cm³/mol. The van der Waals surface area contributed by atoms with Crippen LogP contribution in [-0.2, 0) is 6.42 Å². The molecule has 1 N–H and O–H groups in total. The molecule has 1 unspecified atom stereocenters. The monoisotopic (exact) mass is 224 g/mol. The molecule has 1 rings (SSSR count). The molecule has 0 saturated carbocycles. The number of hydrogen-bond donors (Lipinski definition) is 1. The molecule has 0 aliphatic rings. The van der Waals surface area contributed by atoms with Gasteiger partial charge in [0.15, 0.2) is 0 Å². The van der Waals surface area contributed by atoms with Gasteiger partial charge in [0.2, 0.25) is 0 Å². The Hall–Kier alpha value is -0.670. The Bertz CT molecular complexity index is 317. The summed E-state index contributed by atoms with van der Waals surface area (Å²) in [5, 5.41) is 6.62. The molecule has 0 radical (unpaired) electrons. The van der Waals surface area contributed by atoms with Crippen molar-refractivity contribution in [3.8, 4) is 0 Å². The average molecular weight is 224 g/mol. The molecule has 1 aromatic heterocycles. The smallest absolute Gasteiger partial charge is 0.0897 e. The van der Waals surface area contributed by atoms with E-state index in [1.807, 2.05) is 14.0 Å². The molecule has 2 nitrogen and oxygen atoms in total. The van der Waals surface area contributed by atoms with E-state index in [4.69, 9.17) is 0 Å². The molecule has 3 heteroatoms. The minimum atomic E-state index is 0.471. The summed E-state index contributed by atoms with van der Waals surface area (Å²) < 4.78 is 0. The maximum absolute atomic E-state index is 4.48. The van der Waals surface area contributed by atoms with Crippen molar-refractivity contribution in [1.82, 2.24) is 10.3 Å². The summed E-state index contributed by atoms with van der Waals surface area (Å²) in [6.07, 6.45) is 3.11. The van der Waals surface area contributed by atoms with Gasteiger partial charge in [-0.25, -0.2) is 4.98 Å². The number of nitrogens with one attached hydrogen (secondary N) is 1. The van der Waals surface area contributed by atoms with Crippen LogP contribution in [0.25, 0.3) is 0 Å². The van der Waals surface area contributed by atoms with Crippen LogP contribution in [0.4, 0.5) is 0 Å². The third kappa shape index (κ3) is 4.14. The lowest BCUT2D eigenvalue weighted by molar-refractivity contribution is 0.544. The Balaban J connectivity index is 2.50. The average Bonchev–Trinajstić information content (AvgIpc) is 2.62. The lowest BCUT2D eigenvalue weighted by Crippen LogP contribution is -2.28. The molecule has 15 heavy (non-hydrogen) atoms. The minimum absolute atomic E-state index is 0.471. The van der Waals surface area contributed by atoms with Crippen molar-refractivity contribution in [2.75, 3.05) is 7.05 Å². The van der Waals surface area contributed by atoms with Gasteiger partial charge in [-0.05, 0) is 26.8 Å². The summed E-state index contributed by atoms with van der Waals surface area (Å²) in [7, 11) is 2.01. The van der Waals surface area contributed by atoms with E-state index in [-0.39, 0.29) is 0 Å². The third-order valence-electron chi connectivity index (χ3n) is 2.57. The number of likely N-dealkylation sites (N-methyl/N-ethyl adjacent to an activating group) is 1. The highest BCUT2D eigenvalue weighted by Gasteiger charge is 2.10. The van der Waals surface area contributed by atoms with E-state index in [2.05, 4.69) is 29.2 Å². The summed E-state index contributed by atoms with van der Waals surface area (Å²) in [6, 6.07) is 0.471. The summed E-state index contributed by atoms with van der Waals surface area (Å²) in [4.78, 5) is 4.48. The van der Waals surface area contributed by atoms with Gasteiger partial charge in [0.25, 0.3) is 0 Å². The van der Waals surface area contributed by atoms with Crippen molar-refractivity contribution in [2.45, 2.75) is 39.2 Å². The lowest BCUT2D eigenvalue weighted by Gasteiger charge is -2.15. The molecule has 1 heterocycles. The first-order valence-electron chi connectivity index (χ1n) is 5.40. The zero-order chi connectivity index (χ0) is 11.3. The van der Waals surface area contributed by atoms with E-state index in [1.54, 1.807) is 11.3 Å². The van der Waals surface area contributed by atoms with Crippen LogP contribution in [-0.4, -0.2) is 18.1 Å². The van der Waals surface area contributed by atoms with Gasteiger partial charge in [-0.1, -0.05) is 19.1 Å². The molecule has 0 bridgehead atoms. The number of rotatable bonds is 6. The van der Waals surface area contributed by atoms with Crippen LogP contribution < -0.4 is 5.32 Å². The van der Waals surface area contributed by atoms with E-state index in [1.165, 1.54) is 11.3 Å². The second-order valence-corrected chi connectivity index (χ2v) is 4.92. The van der Waals surface area contributed by atoms with Gasteiger partial charge in [-0.3, -0.25) is 0 Å². The maximum atomic E-state index is 4.48. The van der Waals surface area contributed by atoms with Gasteiger partial charge >= 0.3 is 0 Å². The highest BCUT2D eigenvalue weighted by molar-refractivity contribution is 7.09. The van der Waals surface area contributed by atoms with Crippen LogP contribution in [0, 0.1) is 6.92 Å². The van der Waals surface area contributed by atoms with Gasteiger partial charge in [0, 0.05) is 17.8 Å². The van der Waals surface area contributed by atoms with Crippen molar-refractivity contribution in [3.05, 3.63) is 28.2 Å². The molecule has 0 fully saturated rings. The zero-order valence-electron chi connectivity index (χ0n) is 9.84. The fourth-order valence-corrected chi connectivity index (χ4v) is 2.15. The molecule has 0 amide bonds. The van der Waals surface area contributed by atoms with Gasteiger partial charge in [0.1, 0.15) is 0 Å². The standard InChI is InChI=1S/C12H20N2S/c1-5-9(2)6-11(13-4)7-12-8-15-10(3)14-12/h8,11,13H,2,5-7H2,1,3-4H3. The summed E-state index contributed by atoms with van der Waals surface area (Å²) in [5.41, 5.74) is 2.50. The van der Waals surface area contributed by atoms with Gasteiger partial charge in [0.05, 0.1) is 10.7 Å². The van der Waals surface area contributed by atoms with Crippen LogP contribution in [0.2, 0.25) is 0 Å². The fraction of sp³-hybridized carbons (Fsp3) is 0.583. The van der Waals surface area contributed by atoms with Crippen LogP contribution in [0.1, 0.15) is 30.5 Å². The largest absolute Gasteiger partial charge is 0.316 e. The third-order valence-corrected chi connectivity index (χ3v) is 3.39. The van der Waals surface area contributed by atoms with Gasteiger partial charge in [-0.2, -0.15) is 0 Å². The number of thiazole rings is 1. The van der Waals surface area contributed by atoms with Crippen molar-refractivity contribution in [1.29, 1.82) is 0 Å². The number of nitrogens with zero attached hydrogens (tertiary/aromatic N) is 1. The van der Waals surface area contributed by atoms with Crippen molar-refractivity contribution >= 4 is 11.3 Å². The van der Waals surface area contributed by atoms with E-state index < -0.39 is 0 Å². The molecular formula is C12H20N2S. The highest BCUT2D eigenvalue weighted by Crippen LogP contribution is 2.14. The van der Waals surface area contributed by atoms with Crippen LogP contribution in [0.5, 0.6) is 0 Å². The van der Waals surface area contributed by atoms with Gasteiger partial charge in [-0.15, -0.1) is 11.3 Å². The van der Waals surface area contributed by atoms with Crippen molar-refractivity contribution in [2.24, 2.45) is 0 Å². The molecule has 0 spiro atoms. The second-order valence-electron chi connectivity index (χ2n) is 3.86. The molecule has 1 atom stereocenters. The Morgan fingerprint density at radius 1 is 1.67 bits per heavy atom. The van der Waals surface area contributed by atoms with Crippen LogP contribution >= 0.6 is 11.3 Å². The van der Waals surface area contributed by atoms with Crippen molar-refractivity contribution in [3.63, 3.8) is 0 Å². The SMILES string of the molecule is C=C(CC)CC(Cc1csc(C)n1)NC. The Morgan fingerprint density at radius 2 is 2.40 bits per heavy atom. The first-order valence-corrected chi connectivity index (χ1v) is 6.28. The maximum Gasteiger partial charge on any atom is 0.0897 e. The van der Waals surface area contributed by atoms with E-state index in [9.17, 15) is 0 Å². The molecular weight excluding hydrogens is 204 g/mol. The second kappa shape index (κ2) is 6.03. The Labute approximate surface area is 96.4 Å². The normalized spacial score (nSPS) is 12.7.